The Bertz CT molecular complexity index is 283. The van der Waals surface area contributed by atoms with Gasteiger partial charge < -0.3 is 5.21 Å². The van der Waals surface area contributed by atoms with Gasteiger partial charge in [-0.25, -0.2) is 5.43 Å². The topological polar surface area (TPSA) is 74.0 Å². The molecule has 13 heavy (non-hydrogen) atoms. The van der Waals surface area contributed by atoms with Gasteiger partial charge in [0.1, 0.15) is 5.92 Å². The first-order valence-electron chi connectivity index (χ1n) is 3.09. The molecule has 0 aromatic heterocycles. The standard InChI is InChI=1S/C5H4F3N3O2/c6-5(7,8)3-2(1-9-13)4(12)11-10-3/h1-2,13H,(H,11,12)/b9-1-/t2-/m1/s1. The first-order chi connectivity index (χ1) is 5.96. The highest BCUT2D eigenvalue weighted by Crippen LogP contribution is 2.24. The first-order valence-corrected chi connectivity index (χ1v) is 3.09. The zero-order chi connectivity index (χ0) is 10.1. The van der Waals surface area contributed by atoms with Crippen molar-refractivity contribution in [2.24, 2.45) is 16.2 Å². The number of halogens is 3. The average Bonchev–Trinajstić information content (AvgIpc) is 2.32. The third kappa shape index (κ3) is 1.76. The molecule has 0 saturated heterocycles. The summed E-state index contributed by atoms with van der Waals surface area (Å²) < 4.78 is 36.1. The Morgan fingerprint density at radius 2 is 2.23 bits per heavy atom. The summed E-state index contributed by atoms with van der Waals surface area (Å²) in [6, 6.07) is 0. The summed E-state index contributed by atoms with van der Waals surface area (Å²) in [5.74, 6) is -2.63. The van der Waals surface area contributed by atoms with E-state index in [1.807, 2.05) is 0 Å². The van der Waals surface area contributed by atoms with Crippen molar-refractivity contribution in [3.63, 3.8) is 0 Å². The second-order valence-electron chi connectivity index (χ2n) is 2.21. The van der Waals surface area contributed by atoms with E-state index >= 15 is 0 Å². The number of amides is 1. The molecule has 0 saturated carbocycles. The molecule has 5 nitrogen and oxygen atoms in total. The number of hydrazone groups is 1. The van der Waals surface area contributed by atoms with Crippen LogP contribution in [0.4, 0.5) is 13.2 Å². The van der Waals surface area contributed by atoms with Crippen molar-refractivity contribution >= 4 is 17.8 Å². The molecule has 72 valence electrons. The Morgan fingerprint density at radius 3 is 2.69 bits per heavy atom. The zero-order valence-electron chi connectivity index (χ0n) is 6.04. The second-order valence-corrected chi connectivity index (χ2v) is 2.21. The highest BCUT2D eigenvalue weighted by molar-refractivity contribution is 6.20. The highest BCUT2D eigenvalue weighted by Gasteiger charge is 2.46. The van der Waals surface area contributed by atoms with Crippen LogP contribution in [0.3, 0.4) is 0 Å². The maximum Gasteiger partial charge on any atom is 0.432 e. The van der Waals surface area contributed by atoms with Crippen LogP contribution in [0, 0.1) is 5.92 Å². The SMILES string of the molecule is O=C1NN=C(C(F)(F)F)[C@H]1/C=N\O. The molecule has 0 aromatic carbocycles. The fourth-order valence-corrected chi connectivity index (χ4v) is 0.823. The number of hydrogen-bond donors (Lipinski definition) is 2. The molecule has 1 atom stereocenters. The van der Waals surface area contributed by atoms with Gasteiger partial charge in [-0.15, -0.1) is 5.16 Å². The molecule has 0 spiro atoms. The molecule has 0 bridgehead atoms. The number of rotatable bonds is 1. The van der Waals surface area contributed by atoms with E-state index in [0.717, 1.165) is 0 Å². The number of alkyl halides is 3. The van der Waals surface area contributed by atoms with E-state index in [9.17, 15) is 18.0 Å². The zero-order valence-corrected chi connectivity index (χ0v) is 6.04. The predicted molar refractivity (Wildman–Crippen MR) is 35.4 cm³/mol. The molecule has 0 aliphatic carbocycles. The van der Waals surface area contributed by atoms with Gasteiger partial charge in [0.05, 0.1) is 6.21 Å². The van der Waals surface area contributed by atoms with Crippen LogP contribution in [0.15, 0.2) is 10.3 Å². The summed E-state index contributed by atoms with van der Waals surface area (Å²) in [4.78, 5) is 10.7. The third-order valence-corrected chi connectivity index (χ3v) is 1.37. The van der Waals surface area contributed by atoms with E-state index in [1.165, 1.54) is 0 Å². The van der Waals surface area contributed by atoms with Crippen LogP contribution >= 0.6 is 0 Å². The third-order valence-electron chi connectivity index (χ3n) is 1.37. The van der Waals surface area contributed by atoms with Crippen molar-refractivity contribution in [1.82, 2.24) is 5.43 Å². The van der Waals surface area contributed by atoms with Crippen molar-refractivity contribution in [2.45, 2.75) is 6.18 Å². The largest absolute Gasteiger partial charge is 0.432 e. The number of oxime groups is 1. The molecule has 1 rings (SSSR count). The quantitative estimate of drug-likeness (QED) is 0.354. The summed E-state index contributed by atoms with van der Waals surface area (Å²) in [6.07, 6.45) is -4.24. The monoisotopic (exact) mass is 195 g/mol. The number of carbonyl (C=O) groups excluding carboxylic acids is 1. The summed E-state index contributed by atoms with van der Waals surface area (Å²) in [7, 11) is 0. The van der Waals surface area contributed by atoms with Crippen molar-refractivity contribution in [3.05, 3.63) is 0 Å². The molecule has 2 N–H and O–H groups in total. The average molecular weight is 195 g/mol. The van der Waals surface area contributed by atoms with Crippen LogP contribution in [0.2, 0.25) is 0 Å². The Balaban J connectivity index is 2.92. The lowest BCUT2D eigenvalue weighted by Gasteiger charge is -2.07. The normalized spacial score (nSPS) is 23.5. The summed E-state index contributed by atoms with van der Waals surface area (Å²) in [5, 5.41) is 13.1. The molecule has 0 unspecified atom stereocenters. The van der Waals surface area contributed by atoms with Gasteiger partial charge >= 0.3 is 6.18 Å². The van der Waals surface area contributed by atoms with Crippen LogP contribution in [0.25, 0.3) is 0 Å². The molecule has 1 amide bonds. The molecule has 0 fully saturated rings. The molecule has 1 aliphatic rings. The molecule has 8 heteroatoms. The lowest BCUT2D eigenvalue weighted by atomic mass is 10.1. The Labute approximate surface area is 69.9 Å². The number of nitrogens with one attached hydrogen (secondary N) is 1. The summed E-state index contributed by atoms with van der Waals surface area (Å²) in [5.41, 5.74) is 0.328. The molecule has 1 heterocycles. The van der Waals surface area contributed by atoms with E-state index in [4.69, 9.17) is 5.21 Å². The van der Waals surface area contributed by atoms with Crippen molar-refractivity contribution < 1.29 is 23.2 Å². The van der Waals surface area contributed by atoms with Gasteiger partial charge in [0.2, 0.25) is 0 Å². The van der Waals surface area contributed by atoms with Gasteiger partial charge in [-0.1, -0.05) is 0 Å². The van der Waals surface area contributed by atoms with Crippen molar-refractivity contribution in [3.8, 4) is 0 Å². The minimum Gasteiger partial charge on any atom is -0.411 e. The van der Waals surface area contributed by atoms with Gasteiger partial charge in [-0.3, -0.25) is 4.79 Å². The summed E-state index contributed by atoms with van der Waals surface area (Å²) in [6.45, 7) is 0. The van der Waals surface area contributed by atoms with Gasteiger partial charge in [-0.2, -0.15) is 18.3 Å². The van der Waals surface area contributed by atoms with E-state index in [1.54, 1.807) is 5.43 Å². The predicted octanol–water partition coefficient (Wildman–Crippen LogP) is 0.111. The number of hydrogen-bond acceptors (Lipinski definition) is 4. The van der Waals surface area contributed by atoms with Gasteiger partial charge in [-0.05, 0) is 0 Å². The Kier molecular flexibility index (Phi) is 2.22. The van der Waals surface area contributed by atoms with Gasteiger partial charge in [0.25, 0.3) is 5.91 Å². The van der Waals surface area contributed by atoms with E-state index in [2.05, 4.69) is 10.3 Å². The van der Waals surface area contributed by atoms with E-state index in [-0.39, 0.29) is 0 Å². The van der Waals surface area contributed by atoms with E-state index < -0.39 is 23.7 Å². The molecule has 0 radical (unpaired) electrons. The van der Waals surface area contributed by atoms with Crippen LogP contribution in [-0.4, -0.2) is 29.2 Å². The fraction of sp³-hybridized carbons (Fsp3) is 0.400. The van der Waals surface area contributed by atoms with Crippen LogP contribution in [0.5, 0.6) is 0 Å². The number of nitrogens with zero attached hydrogens (tertiary/aromatic N) is 2. The molecular formula is C5H4F3N3O2. The number of carbonyl (C=O) groups is 1. The Morgan fingerprint density at radius 1 is 1.62 bits per heavy atom. The minimum atomic E-state index is -4.70. The maximum atomic E-state index is 12.0. The molecule has 1 aliphatic heterocycles. The second kappa shape index (κ2) is 3.04. The minimum absolute atomic E-state index is 0.467. The first kappa shape index (κ1) is 9.49. The van der Waals surface area contributed by atoms with Crippen molar-refractivity contribution in [1.29, 1.82) is 0 Å². The van der Waals surface area contributed by atoms with Crippen molar-refractivity contribution in [2.75, 3.05) is 0 Å². The highest BCUT2D eigenvalue weighted by atomic mass is 19.4. The molecular weight excluding hydrogens is 191 g/mol. The smallest absolute Gasteiger partial charge is 0.411 e. The maximum absolute atomic E-state index is 12.0. The lowest BCUT2D eigenvalue weighted by molar-refractivity contribution is -0.121. The van der Waals surface area contributed by atoms with Crippen LogP contribution < -0.4 is 5.43 Å². The van der Waals surface area contributed by atoms with Crippen LogP contribution in [-0.2, 0) is 4.79 Å². The lowest BCUT2D eigenvalue weighted by Crippen LogP contribution is -2.33. The molecule has 0 aromatic rings. The van der Waals surface area contributed by atoms with E-state index in [0.29, 0.717) is 6.21 Å². The van der Waals surface area contributed by atoms with Crippen LogP contribution in [0.1, 0.15) is 0 Å². The van der Waals surface area contributed by atoms with Gasteiger partial charge in [0.15, 0.2) is 5.71 Å². The summed E-state index contributed by atoms with van der Waals surface area (Å²) >= 11 is 0. The fourth-order valence-electron chi connectivity index (χ4n) is 0.823. The Hall–Kier alpha value is -1.60. The van der Waals surface area contributed by atoms with Gasteiger partial charge in [0, 0.05) is 0 Å².